The molecule has 0 bridgehead atoms. The number of allylic oxidation sites excluding steroid dienone is 8. The second kappa shape index (κ2) is 26.7. The van der Waals surface area contributed by atoms with Crippen molar-refractivity contribution in [2.24, 2.45) is 0 Å². The number of nitrogens with zero attached hydrogens (tertiary/aromatic N) is 2. The first-order valence-corrected chi connectivity index (χ1v) is 20.7. The van der Waals surface area contributed by atoms with Crippen molar-refractivity contribution in [2.75, 3.05) is 26.4 Å². The van der Waals surface area contributed by atoms with Crippen molar-refractivity contribution < 1.29 is 58.2 Å². The Labute approximate surface area is 377 Å². The number of hydrogen-bond acceptors (Lipinski definition) is 4. The maximum Gasteiger partial charge on any atom is 4.00 e. The first-order valence-electron chi connectivity index (χ1n) is 20.7. The van der Waals surface area contributed by atoms with Crippen LogP contribution in [-0.4, -0.2) is 35.6 Å². The van der Waals surface area contributed by atoms with Crippen molar-refractivity contribution >= 4 is 0 Å². The Hall–Kier alpha value is -3.77. The Morgan fingerprint density at radius 2 is 0.885 bits per heavy atom. The summed E-state index contributed by atoms with van der Waals surface area (Å²) in [6, 6.07) is 13.4. The van der Waals surface area contributed by atoms with Gasteiger partial charge < -0.3 is 28.1 Å². The minimum absolute atomic E-state index is 0. The summed E-state index contributed by atoms with van der Waals surface area (Å²) in [7, 11) is 0. The third kappa shape index (κ3) is 15.2. The molecule has 6 rings (SSSR count). The molecule has 2 aromatic heterocycles. The maximum atomic E-state index is 14.3. The summed E-state index contributed by atoms with van der Waals surface area (Å²) in [6.07, 6.45) is 15.7. The van der Waals surface area contributed by atoms with Gasteiger partial charge in [-0.05, 0) is 76.9 Å². The number of aromatic nitrogens is 2. The molecule has 2 aliphatic rings. The number of halogens is 4. The molecule has 6 nitrogen and oxygen atoms in total. The van der Waals surface area contributed by atoms with E-state index in [4.69, 9.17) is 18.9 Å². The largest absolute Gasteiger partial charge is 4.00 e. The maximum absolute atomic E-state index is 14.3. The molecule has 2 aromatic carbocycles. The van der Waals surface area contributed by atoms with E-state index < -0.39 is 35.8 Å². The molecule has 2 heterocycles. The summed E-state index contributed by atoms with van der Waals surface area (Å²) in [5.74, 6) is -2.57. The molecule has 11 heteroatoms. The first-order chi connectivity index (χ1) is 28.6. The van der Waals surface area contributed by atoms with Crippen LogP contribution in [0.4, 0.5) is 17.6 Å². The van der Waals surface area contributed by atoms with Crippen molar-refractivity contribution in [1.29, 1.82) is 0 Å². The van der Waals surface area contributed by atoms with Gasteiger partial charge in [0.2, 0.25) is 0 Å². The molecule has 0 saturated carbocycles. The van der Waals surface area contributed by atoms with Crippen LogP contribution in [0.5, 0.6) is 0 Å². The topological polar surface area (TPSA) is 46.8 Å². The normalized spacial score (nSPS) is 12.9. The molecule has 0 spiro atoms. The summed E-state index contributed by atoms with van der Waals surface area (Å²) in [5.41, 5.74) is 8.24. The molecule has 0 unspecified atom stereocenters. The summed E-state index contributed by atoms with van der Waals surface area (Å²) in [5, 5.41) is 0. The Morgan fingerprint density at radius 3 is 1.10 bits per heavy atom. The van der Waals surface area contributed by atoms with Gasteiger partial charge in [0.25, 0.3) is 0 Å². The molecule has 328 valence electrons. The molecule has 0 amide bonds. The molecule has 4 aromatic rings. The fourth-order valence-corrected chi connectivity index (χ4v) is 6.58. The molecule has 0 fully saturated rings. The van der Waals surface area contributed by atoms with Crippen LogP contribution in [0.25, 0.3) is 11.4 Å². The van der Waals surface area contributed by atoms with Gasteiger partial charge in [-0.2, -0.15) is 12.2 Å². The Bertz CT molecular complexity index is 1930. The number of ether oxygens (including phenoxy) is 4. The fourth-order valence-electron chi connectivity index (χ4n) is 6.58. The van der Waals surface area contributed by atoms with Crippen LogP contribution in [0.3, 0.4) is 0 Å². The van der Waals surface area contributed by atoms with E-state index in [0.717, 1.165) is 46.7 Å². The van der Waals surface area contributed by atoms with Gasteiger partial charge in [-0.1, -0.05) is 41.5 Å². The van der Waals surface area contributed by atoms with E-state index in [1.165, 1.54) is 35.4 Å². The van der Waals surface area contributed by atoms with Crippen LogP contribution in [0.2, 0.25) is 0 Å². The summed E-state index contributed by atoms with van der Waals surface area (Å²) in [4.78, 5) is 0. The third-order valence-corrected chi connectivity index (χ3v) is 9.49. The smallest absolute Gasteiger partial charge is 0.369 e. The van der Waals surface area contributed by atoms with E-state index in [1.54, 1.807) is 9.13 Å². The van der Waals surface area contributed by atoms with Crippen LogP contribution in [0, 0.1) is 61.4 Å². The fraction of sp³-hybridized carbons (Fsp3) is 0.440. The van der Waals surface area contributed by atoms with Crippen LogP contribution in [-0.2, 0) is 40.7 Å². The van der Waals surface area contributed by atoms with Gasteiger partial charge >= 0.3 is 21.7 Å². The van der Waals surface area contributed by atoms with E-state index in [-0.39, 0.29) is 44.9 Å². The standard InChI is InChI=1S/2C19H24F2NO2.2C6H7.Ti/c2*1-6-23-19(24-7-2)15-11-18(12(3)4)22(13(15)5)17-9-8-14(20)10-16(17)21;2*1-6-4-2-3-5-6;/h2*8-9,11-12,19H,6-7H2,1-5H3;2*2,4H,3H2,1H3;/q4*-1;+4. The van der Waals surface area contributed by atoms with Crippen molar-refractivity contribution in [3.8, 4) is 11.4 Å². The average molecular weight is 879 g/mol. The van der Waals surface area contributed by atoms with Crippen LogP contribution < -0.4 is 0 Å². The van der Waals surface area contributed by atoms with E-state index >= 15 is 0 Å². The molecular formula is C50H62F4N2O4Ti. The van der Waals surface area contributed by atoms with Gasteiger partial charge in [-0.25, -0.2) is 40.9 Å². The predicted octanol–water partition coefficient (Wildman–Crippen LogP) is 13.5. The van der Waals surface area contributed by atoms with Crippen molar-refractivity contribution in [1.82, 2.24) is 9.13 Å². The molecule has 0 atom stereocenters. The van der Waals surface area contributed by atoms with Crippen LogP contribution in [0.15, 0.2) is 71.8 Å². The molecule has 0 saturated heterocycles. The second-order valence-electron chi connectivity index (χ2n) is 14.6. The molecule has 0 radical (unpaired) electrons. The van der Waals surface area contributed by atoms with Gasteiger partial charge in [0.15, 0.2) is 12.6 Å². The Balaban J connectivity index is 0.000000324. The average Bonchev–Trinajstić information content (AvgIpc) is 4.01. The Morgan fingerprint density at radius 1 is 0.557 bits per heavy atom. The predicted molar refractivity (Wildman–Crippen MR) is 231 cm³/mol. The monoisotopic (exact) mass is 878 g/mol. The molecule has 0 aliphatic heterocycles. The van der Waals surface area contributed by atoms with Crippen molar-refractivity contribution in [3.63, 3.8) is 0 Å². The van der Waals surface area contributed by atoms with Crippen LogP contribution >= 0.6 is 0 Å². The third-order valence-electron chi connectivity index (χ3n) is 9.49. The zero-order valence-electron chi connectivity index (χ0n) is 37.9. The van der Waals surface area contributed by atoms with Crippen molar-refractivity contribution in [2.45, 2.75) is 120 Å². The Kier molecular flexibility index (Phi) is 23.3. The van der Waals surface area contributed by atoms with Crippen LogP contribution in [0.1, 0.15) is 140 Å². The van der Waals surface area contributed by atoms with Gasteiger partial charge in [-0.3, -0.25) is 12.2 Å². The second-order valence-corrected chi connectivity index (χ2v) is 14.6. The van der Waals surface area contributed by atoms with E-state index in [1.807, 2.05) is 81.4 Å². The zero-order chi connectivity index (χ0) is 44.5. The number of rotatable bonds is 14. The molecule has 0 N–H and O–H groups in total. The van der Waals surface area contributed by atoms with E-state index in [2.05, 4.69) is 62.4 Å². The first kappa shape index (κ1) is 53.4. The van der Waals surface area contributed by atoms with Gasteiger partial charge in [0.1, 0.15) is 0 Å². The number of benzene rings is 2. The van der Waals surface area contributed by atoms with Crippen molar-refractivity contribution in [3.05, 3.63) is 153 Å². The van der Waals surface area contributed by atoms with Gasteiger partial charge in [-0.15, -0.1) is 49.2 Å². The van der Waals surface area contributed by atoms with Gasteiger partial charge in [0, 0.05) is 83.6 Å². The minimum atomic E-state index is -0.716. The number of hydrogen-bond donors (Lipinski definition) is 0. The summed E-state index contributed by atoms with van der Waals surface area (Å²) < 4.78 is 81.3. The quantitative estimate of drug-likeness (QED) is 0.0548. The van der Waals surface area contributed by atoms with E-state index in [0.29, 0.717) is 26.4 Å². The minimum Gasteiger partial charge on any atom is -0.369 e. The SMILES string of the molecule is CC1=[C-]CC=C1.CC1=[C-]CC=C1.CCOC(OCC)c1cc(C(C)C)n(-c2ccc(F)[c-]c2F)c1C.CCOC(OCC)c1cc(C(C)C)n(-c2ccc(F)[c-]c2F)c1C.[Ti+4]. The molecular weight excluding hydrogens is 816 g/mol. The molecule has 2 aliphatic carbocycles. The molecule has 61 heavy (non-hydrogen) atoms. The van der Waals surface area contributed by atoms with E-state index in [9.17, 15) is 17.6 Å². The summed E-state index contributed by atoms with van der Waals surface area (Å²) >= 11 is 0. The van der Waals surface area contributed by atoms with Gasteiger partial charge in [0.05, 0.1) is 0 Å². The zero-order valence-corrected chi connectivity index (χ0v) is 39.4. The summed E-state index contributed by atoms with van der Waals surface area (Å²) in [6.45, 7) is 25.6.